The molecule has 1 aromatic carbocycles. The third kappa shape index (κ3) is 3.82. The van der Waals surface area contributed by atoms with E-state index in [1.165, 1.54) is 18.5 Å². The van der Waals surface area contributed by atoms with Gasteiger partial charge in [0.25, 0.3) is 5.56 Å². The third-order valence-corrected chi connectivity index (χ3v) is 4.15. The van der Waals surface area contributed by atoms with Gasteiger partial charge in [0, 0.05) is 23.3 Å². The second-order valence-electron chi connectivity index (χ2n) is 6.19. The summed E-state index contributed by atoms with van der Waals surface area (Å²) in [6.07, 6.45) is 2.52. The maximum absolute atomic E-state index is 14.3. The number of rotatable bonds is 4. The number of fused-ring (bicyclic) bond motifs is 1. The van der Waals surface area contributed by atoms with Crippen LogP contribution in [-0.2, 0) is 11.2 Å². The van der Waals surface area contributed by atoms with Gasteiger partial charge in [-0.1, -0.05) is 6.07 Å². The van der Waals surface area contributed by atoms with Crippen LogP contribution in [0.1, 0.15) is 35.5 Å². The van der Waals surface area contributed by atoms with E-state index in [9.17, 15) is 14.0 Å². The van der Waals surface area contributed by atoms with Gasteiger partial charge in [-0.15, -0.1) is 0 Å². The number of nitrogens with one attached hydrogen (secondary N) is 2. The van der Waals surface area contributed by atoms with Crippen LogP contribution in [0.5, 0.6) is 0 Å². The average molecular weight is 365 g/mol. The highest BCUT2D eigenvalue weighted by Crippen LogP contribution is 2.19. The molecule has 8 heteroatoms. The second-order valence-corrected chi connectivity index (χ2v) is 6.19. The molecule has 0 saturated heterocycles. The fourth-order valence-corrected chi connectivity index (χ4v) is 2.68. The lowest BCUT2D eigenvalue weighted by Crippen LogP contribution is -2.31. The normalized spacial score (nSPS) is 11.8. The number of aromatic amines is 1. The number of amides is 1. The van der Waals surface area contributed by atoms with Crippen molar-refractivity contribution in [2.75, 3.05) is 0 Å². The predicted octanol–water partition coefficient (Wildman–Crippen LogP) is 2.06. The summed E-state index contributed by atoms with van der Waals surface area (Å²) >= 11 is 0. The van der Waals surface area contributed by atoms with Crippen LogP contribution in [0.25, 0.3) is 10.9 Å². The number of nitrogens with zero attached hydrogens (tertiary/aromatic N) is 3. The van der Waals surface area contributed by atoms with Crippen LogP contribution in [0, 0.1) is 24.1 Å². The number of pyridine rings is 1. The minimum atomic E-state index is -0.510. The van der Waals surface area contributed by atoms with E-state index in [0.29, 0.717) is 22.5 Å². The quantitative estimate of drug-likeness (QED) is 0.735. The van der Waals surface area contributed by atoms with E-state index in [0.717, 1.165) is 0 Å². The van der Waals surface area contributed by atoms with Crippen LogP contribution in [0.4, 0.5) is 4.39 Å². The predicted molar refractivity (Wildman–Crippen MR) is 96.3 cm³/mol. The van der Waals surface area contributed by atoms with Crippen molar-refractivity contribution in [3.63, 3.8) is 0 Å². The van der Waals surface area contributed by atoms with E-state index >= 15 is 0 Å². The van der Waals surface area contributed by atoms with Crippen LogP contribution in [-0.4, -0.2) is 20.9 Å². The van der Waals surface area contributed by atoms with Gasteiger partial charge in [-0.3, -0.25) is 9.59 Å². The van der Waals surface area contributed by atoms with Gasteiger partial charge in [0.2, 0.25) is 5.91 Å². The summed E-state index contributed by atoms with van der Waals surface area (Å²) in [6.45, 7) is 3.32. The molecule has 0 saturated carbocycles. The molecule has 0 aliphatic rings. The topological polar surface area (TPSA) is 112 Å². The summed E-state index contributed by atoms with van der Waals surface area (Å²) in [4.78, 5) is 35.1. The van der Waals surface area contributed by atoms with E-state index in [2.05, 4.69) is 20.3 Å². The third-order valence-electron chi connectivity index (χ3n) is 4.15. The molecule has 2 heterocycles. The molecule has 3 aromatic rings. The van der Waals surface area contributed by atoms with Gasteiger partial charge in [0.1, 0.15) is 17.7 Å². The van der Waals surface area contributed by atoms with Gasteiger partial charge in [0.05, 0.1) is 23.5 Å². The van der Waals surface area contributed by atoms with Crippen LogP contribution < -0.4 is 10.9 Å². The molecule has 1 atom stereocenters. The van der Waals surface area contributed by atoms with Crippen molar-refractivity contribution >= 4 is 16.8 Å². The molecule has 0 spiro atoms. The summed E-state index contributed by atoms with van der Waals surface area (Å²) in [7, 11) is 0. The average Bonchev–Trinajstić information content (AvgIpc) is 2.66. The summed E-state index contributed by atoms with van der Waals surface area (Å²) < 4.78 is 14.3. The molecule has 0 unspecified atom stereocenters. The molecule has 0 aliphatic carbocycles. The van der Waals surface area contributed by atoms with Gasteiger partial charge < -0.3 is 10.3 Å². The van der Waals surface area contributed by atoms with Crippen LogP contribution in [0.2, 0.25) is 0 Å². The number of hydrogen-bond acceptors (Lipinski definition) is 5. The van der Waals surface area contributed by atoms with Crippen molar-refractivity contribution in [2.45, 2.75) is 26.3 Å². The molecule has 7 nitrogen and oxygen atoms in total. The first-order chi connectivity index (χ1) is 12.9. The van der Waals surface area contributed by atoms with E-state index in [1.807, 2.05) is 6.07 Å². The number of benzene rings is 1. The molecule has 2 N–H and O–H groups in total. The van der Waals surface area contributed by atoms with Crippen molar-refractivity contribution in [3.05, 3.63) is 69.3 Å². The first kappa shape index (κ1) is 18.2. The second kappa shape index (κ2) is 7.33. The molecular weight excluding hydrogens is 349 g/mol. The Bertz CT molecular complexity index is 1120. The Kier molecular flexibility index (Phi) is 4.94. The zero-order valence-electron chi connectivity index (χ0n) is 14.7. The zero-order chi connectivity index (χ0) is 19.6. The largest absolute Gasteiger partial charge is 0.346 e. The van der Waals surface area contributed by atoms with Crippen LogP contribution in [0.3, 0.4) is 0 Å². The first-order valence-electron chi connectivity index (χ1n) is 8.21. The highest BCUT2D eigenvalue weighted by molar-refractivity contribution is 5.83. The lowest BCUT2D eigenvalue weighted by Gasteiger charge is -2.12. The number of nitriles is 1. The van der Waals surface area contributed by atoms with Crippen molar-refractivity contribution in [3.8, 4) is 6.07 Å². The molecule has 0 radical (unpaired) electrons. The molecule has 3 rings (SSSR count). The minimum Gasteiger partial charge on any atom is -0.346 e. The smallest absolute Gasteiger partial charge is 0.252 e. The fraction of sp³-hybridized carbons (Fsp3) is 0.211. The van der Waals surface area contributed by atoms with Gasteiger partial charge in [-0.05, 0) is 31.5 Å². The van der Waals surface area contributed by atoms with E-state index in [4.69, 9.17) is 5.26 Å². The SMILES string of the molecule is Cc1ccc2[nH]c(=O)c(CC(=O)N[C@@H](C)c3ncc(C#N)cn3)cc2c1F. The molecule has 0 bridgehead atoms. The Morgan fingerprint density at radius 1 is 1.37 bits per heavy atom. The fourth-order valence-electron chi connectivity index (χ4n) is 2.68. The molecule has 27 heavy (non-hydrogen) atoms. The van der Waals surface area contributed by atoms with Crippen LogP contribution in [0.15, 0.2) is 35.4 Å². The van der Waals surface area contributed by atoms with Crippen molar-refractivity contribution in [2.24, 2.45) is 0 Å². The molecule has 0 aliphatic heterocycles. The monoisotopic (exact) mass is 365 g/mol. The van der Waals surface area contributed by atoms with Gasteiger partial charge in [-0.25, -0.2) is 14.4 Å². The lowest BCUT2D eigenvalue weighted by atomic mass is 10.1. The number of aryl methyl sites for hydroxylation is 1. The number of H-pyrrole nitrogens is 1. The Morgan fingerprint density at radius 3 is 2.74 bits per heavy atom. The van der Waals surface area contributed by atoms with Crippen molar-refractivity contribution in [1.29, 1.82) is 5.26 Å². The van der Waals surface area contributed by atoms with Crippen molar-refractivity contribution in [1.82, 2.24) is 20.3 Å². The maximum Gasteiger partial charge on any atom is 0.252 e. The number of hydrogen-bond donors (Lipinski definition) is 2. The zero-order valence-corrected chi connectivity index (χ0v) is 14.7. The maximum atomic E-state index is 14.3. The summed E-state index contributed by atoms with van der Waals surface area (Å²) in [5.74, 6) is -0.505. The Morgan fingerprint density at radius 2 is 2.07 bits per heavy atom. The molecule has 2 aromatic heterocycles. The molecule has 0 fully saturated rings. The van der Waals surface area contributed by atoms with Gasteiger partial charge >= 0.3 is 0 Å². The highest BCUT2D eigenvalue weighted by Gasteiger charge is 2.15. The van der Waals surface area contributed by atoms with E-state index < -0.39 is 23.3 Å². The molecule has 136 valence electrons. The van der Waals surface area contributed by atoms with Gasteiger partial charge in [-0.2, -0.15) is 5.26 Å². The summed E-state index contributed by atoms with van der Waals surface area (Å²) in [5, 5.41) is 11.7. The summed E-state index contributed by atoms with van der Waals surface area (Å²) in [6, 6.07) is 6.02. The van der Waals surface area contributed by atoms with Gasteiger partial charge in [0.15, 0.2) is 0 Å². The number of carbonyl (C=O) groups excluding carboxylic acids is 1. The standard InChI is InChI=1S/C19H16FN5O2/c1-10-3-4-15-14(17(10)20)5-13(19(27)25-15)6-16(26)24-11(2)18-22-8-12(7-21)9-23-18/h3-5,8-9,11H,6H2,1-2H3,(H,24,26)(H,25,27)/t11-/m0/s1. The Labute approximate surface area is 153 Å². The van der Waals surface area contributed by atoms with E-state index in [1.54, 1.807) is 26.0 Å². The Balaban J connectivity index is 1.79. The highest BCUT2D eigenvalue weighted by atomic mass is 19.1. The number of aromatic nitrogens is 3. The number of carbonyl (C=O) groups is 1. The van der Waals surface area contributed by atoms with Crippen molar-refractivity contribution < 1.29 is 9.18 Å². The van der Waals surface area contributed by atoms with E-state index in [-0.39, 0.29) is 17.4 Å². The number of halogens is 1. The van der Waals surface area contributed by atoms with Crippen LogP contribution >= 0.6 is 0 Å². The lowest BCUT2D eigenvalue weighted by molar-refractivity contribution is -0.121. The summed E-state index contributed by atoms with van der Waals surface area (Å²) in [5.41, 5.74) is 0.876. The minimum absolute atomic E-state index is 0.164. The molecule has 1 amide bonds. The molecular formula is C19H16FN5O2. The first-order valence-corrected chi connectivity index (χ1v) is 8.21. The Hall–Kier alpha value is -3.60.